The predicted octanol–water partition coefficient (Wildman–Crippen LogP) is -1.23. The van der Waals surface area contributed by atoms with Gasteiger partial charge in [-0.15, -0.1) is 0 Å². The number of carbonyl (C=O) groups excluding carboxylic acids is 7. The summed E-state index contributed by atoms with van der Waals surface area (Å²) in [6.07, 6.45) is 2.49. The van der Waals surface area contributed by atoms with E-state index in [9.17, 15) is 33.6 Å². The molecule has 0 saturated heterocycles. The Hall–Kier alpha value is -4.97. The molecule has 0 heterocycles. The summed E-state index contributed by atoms with van der Waals surface area (Å²) in [4.78, 5) is 98.8. The third kappa shape index (κ3) is 23.4. The Morgan fingerprint density at radius 3 is 1.40 bits per heavy atom. The van der Waals surface area contributed by atoms with Crippen LogP contribution in [0.4, 0.5) is 0 Å². The summed E-state index contributed by atoms with van der Waals surface area (Å²) in [6.45, 7) is 16.4. The predicted molar refractivity (Wildman–Crippen MR) is 212 cm³/mol. The highest BCUT2D eigenvalue weighted by molar-refractivity contribution is 5.96. The molecule has 0 aliphatic rings. The number of hydrogen-bond acceptors (Lipinski definition) is 9. The van der Waals surface area contributed by atoms with E-state index < -0.39 is 77.1 Å². The topological polar surface area (TPSA) is 320 Å². The quantitative estimate of drug-likeness (QED) is 0.0226. The molecule has 314 valence electrons. The number of aldehydes is 1. The lowest BCUT2D eigenvalue weighted by Gasteiger charge is -2.30. The number of nitrogens with one attached hydrogen (secondary N) is 6. The van der Waals surface area contributed by atoms with Gasteiger partial charge in [0.15, 0.2) is 11.9 Å². The summed E-state index contributed by atoms with van der Waals surface area (Å²) in [5.41, 5.74) is 20.9. The first-order valence-corrected chi connectivity index (χ1v) is 18.8. The van der Waals surface area contributed by atoms with Gasteiger partial charge < -0.3 is 59.6 Å². The summed E-state index contributed by atoms with van der Waals surface area (Å²) >= 11 is 0. The molecule has 0 fully saturated rings. The SMILES string of the molecule is CC(=O)N[C@@H](CCCN=C(N)N)C(=O)N[C@@H](CC(C)C)C(=O)N[C@@H](CC(C)C)C(=O)N[C@@H](CC(C)(C)C)C(=O)N[C@@H](C)C(=O)N[C@H](C=O)CCCN=C(N)N. The van der Waals surface area contributed by atoms with Gasteiger partial charge in [0.25, 0.3) is 0 Å². The molecule has 0 aliphatic heterocycles. The first-order chi connectivity index (χ1) is 25.4. The van der Waals surface area contributed by atoms with E-state index in [2.05, 4.69) is 41.9 Å². The van der Waals surface area contributed by atoms with Crippen molar-refractivity contribution in [2.24, 2.45) is 50.2 Å². The molecule has 0 spiro atoms. The minimum Gasteiger partial charge on any atom is -0.370 e. The minimum atomic E-state index is -1.10. The van der Waals surface area contributed by atoms with Crippen LogP contribution in [0.2, 0.25) is 0 Å². The van der Waals surface area contributed by atoms with Crippen molar-refractivity contribution in [1.82, 2.24) is 31.9 Å². The summed E-state index contributed by atoms with van der Waals surface area (Å²) in [5.74, 6) is -3.80. The molecule has 0 aromatic rings. The van der Waals surface area contributed by atoms with Gasteiger partial charge in [-0.05, 0) is 69.1 Å². The summed E-state index contributed by atoms with van der Waals surface area (Å²) in [7, 11) is 0. The molecule has 0 saturated carbocycles. The number of guanidine groups is 2. The second-order valence-corrected chi connectivity index (χ2v) is 15.8. The van der Waals surface area contributed by atoms with Crippen LogP contribution in [0.25, 0.3) is 0 Å². The summed E-state index contributed by atoms with van der Waals surface area (Å²) in [5, 5.41) is 16.1. The van der Waals surface area contributed by atoms with Crippen molar-refractivity contribution in [3.8, 4) is 0 Å². The van der Waals surface area contributed by atoms with Crippen LogP contribution in [0.3, 0.4) is 0 Å². The normalized spacial score (nSPS) is 14.5. The highest BCUT2D eigenvalue weighted by atomic mass is 16.2. The maximum Gasteiger partial charge on any atom is 0.243 e. The lowest BCUT2D eigenvalue weighted by Crippen LogP contribution is -2.59. The first kappa shape index (κ1) is 50.0. The second-order valence-electron chi connectivity index (χ2n) is 15.8. The zero-order chi connectivity index (χ0) is 42.5. The van der Waals surface area contributed by atoms with E-state index in [0.29, 0.717) is 19.1 Å². The van der Waals surface area contributed by atoms with Crippen LogP contribution in [-0.4, -0.2) is 103 Å². The van der Waals surface area contributed by atoms with Crippen molar-refractivity contribution in [1.29, 1.82) is 0 Å². The van der Waals surface area contributed by atoms with E-state index in [1.807, 2.05) is 48.5 Å². The Bertz CT molecular complexity index is 1340. The third-order valence-electron chi connectivity index (χ3n) is 7.98. The molecule has 0 aromatic carbocycles. The van der Waals surface area contributed by atoms with Crippen molar-refractivity contribution < 1.29 is 33.6 Å². The fourth-order valence-electron chi connectivity index (χ4n) is 5.44. The number of amides is 6. The van der Waals surface area contributed by atoms with Gasteiger partial charge in [0.1, 0.15) is 36.5 Å². The second kappa shape index (κ2) is 25.2. The number of hydrogen-bond donors (Lipinski definition) is 10. The van der Waals surface area contributed by atoms with Crippen molar-refractivity contribution >= 4 is 53.6 Å². The number of carbonyl (C=O) groups is 7. The van der Waals surface area contributed by atoms with Gasteiger partial charge in [-0.2, -0.15) is 0 Å². The van der Waals surface area contributed by atoms with Gasteiger partial charge in [-0.25, -0.2) is 0 Å². The summed E-state index contributed by atoms with van der Waals surface area (Å²) in [6, 6.07) is -6.11. The molecule has 55 heavy (non-hydrogen) atoms. The molecule has 6 amide bonds. The molecular formula is C36H68N12O7. The van der Waals surface area contributed by atoms with Crippen LogP contribution >= 0.6 is 0 Å². The van der Waals surface area contributed by atoms with E-state index in [1.165, 1.54) is 13.8 Å². The van der Waals surface area contributed by atoms with E-state index in [-0.39, 0.29) is 68.9 Å². The largest absolute Gasteiger partial charge is 0.370 e. The molecule has 0 unspecified atom stereocenters. The minimum absolute atomic E-state index is 0.0416. The van der Waals surface area contributed by atoms with Crippen LogP contribution in [0.5, 0.6) is 0 Å². The fraction of sp³-hybridized carbons (Fsp3) is 0.750. The van der Waals surface area contributed by atoms with Crippen molar-refractivity contribution in [2.75, 3.05) is 13.1 Å². The molecule has 0 aromatic heterocycles. The van der Waals surface area contributed by atoms with E-state index in [0.717, 1.165) is 0 Å². The Labute approximate surface area is 325 Å². The third-order valence-corrected chi connectivity index (χ3v) is 7.98. The number of rotatable bonds is 25. The summed E-state index contributed by atoms with van der Waals surface area (Å²) < 4.78 is 0. The van der Waals surface area contributed by atoms with Crippen molar-refractivity contribution in [3.63, 3.8) is 0 Å². The standard InChI is InChI=1S/C36H68N12O7/c1-20(2)16-26(46-30(52)25(44-23(6)50)13-11-15-42-35(39)40)31(53)47-27(17-21(3)4)32(54)48-28(18-36(7,8)9)33(55)43-22(5)29(51)45-24(19-49)12-10-14-41-34(37)38/h19-22,24-28H,10-18H2,1-9H3,(H,43,55)(H,44,50)(H,45,51)(H,46,52)(H,47,53)(H,48,54)(H4,37,38,41)(H4,39,40,42)/t22-,24-,25-,26-,27-,28-/m0/s1. The van der Waals surface area contributed by atoms with Crippen LogP contribution in [0, 0.1) is 17.3 Å². The monoisotopic (exact) mass is 781 g/mol. The van der Waals surface area contributed by atoms with E-state index in [4.69, 9.17) is 22.9 Å². The van der Waals surface area contributed by atoms with Crippen LogP contribution in [0.1, 0.15) is 107 Å². The zero-order valence-electron chi connectivity index (χ0n) is 34.1. The van der Waals surface area contributed by atoms with E-state index >= 15 is 0 Å². The Balaban J connectivity index is 6.03. The molecule has 19 nitrogen and oxygen atoms in total. The number of nitrogens with zero attached hydrogens (tertiary/aromatic N) is 2. The van der Waals surface area contributed by atoms with Crippen molar-refractivity contribution in [2.45, 2.75) is 144 Å². The van der Waals surface area contributed by atoms with Gasteiger partial charge in [-0.3, -0.25) is 38.8 Å². The van der Waals surface area contributed by atoms with Crippen LogP contribution < -0.4 is 54.8 Å². The zero-order valence-corrected chi connectivity index (χ0v) is 34.1. The lowest BCUT2D eigenvalue weighted by atomic mass is 9.87. The molecule has 14 N–H and O–H groups in total. The molecular weight excluding hydrogens is 712 g/mol. The smallest absolute Gasteiger partial charge is 0.243 e. The average Bonchev–Trinajstić information content (AvgIpc) is 3.04. The number of nitrogens with two attached hydrogens (primary N) is 4. The van der Waals surface area contributed by atoms with E-state index in [1.54, 1.807) is 0 Å². The van der Waals surface area contributed by atoms with Crippen molar-refractivity contribution in [3.05, 3.63) is 0 Å². The maximum absolute atomic E-state index is 13.9. The number of aliphatic imine (C=N–C) groups is 2. The molecule has 0 aliphatic carbocycles. The van der Waals surface area contributed by atoms with Gasteiger partial charge in [0.2, 0.25) is 35.4 Å². The van der Waals surface area contributed by atoms with Crippen LogP contribution in [0.15, 0.2) is 9.98 Å². The van der Waals surface area contributed by atoms with Gasteiger partial charge in [0.05, 0.1) is 6.04 Å². The van der Waals surface area contributed by atoms with Gasteiger partial charge in [0, 0.05) is 20.0 Å². The van der Waals surface area contributed by atoms with Gasteiger partial charge >= 0.3 is 0 Å². The molecule has 6 atom stereocenters. The first-order valence-electron chi connectivity index (χ1n) is 18.8. The average molecular weight is 781 g/mol. The lowest BCUT2D eigenvalue weighted by molar-refractivity contribution is -0.135. The van der Waals surface area contributed by atoms with Gasteiger partial charge in [-0.1, -0.05) is 48.5 Å². The van der Waals surface area contributed by atoms with Crippen LogP contribution in [-0.2, 0) is 33.6 Å². The Kier molecular flexibility index (Phi) is 22.9. The fourth-order valence-corrected chi connectivity index (χ4v) is 5.44. The molecule has 0 bridgehead atoms. The Morgan fingerprint density at radius 1 is 0.582 bits per heavy atom. The molecule has 0 rings (SSSR count). The maximum atomic E-state index is 13.9. The molecule has 19 heteroatoms. The highest BCUT2D eigenvalue weighted by Gasteiger charge is 2.34. The highest BCUT2D eigenvalue weighted by Crippen LogP contribution is 2.21. The molecule has 0 radical (unpaired) electrons. The Morgan fingerprint density at radius 2 is 1.00 bits per heavy atom.